The highest BCUT2D eigenvalue weighted by Gasteiger charge is 2.07. The molecule has 4 rings (SSSR count). The fourth-order valence-corrected chi connectivity index (χ4v) is 3.67. The number of anilines is 1. The number of carbonyl (C=O) groups is 1. The minimum absolute atomic E-state index is 0.114. The standard InChI is InChI=1S/C22H15N3O2S/c23-13-15-4-3-5-17(12-15)24-21(26)14-27-18-10-8-16(9-11-18)22-25-19-6-1-2-7-20(19)28-22/h1-12H,14H2,(H,24,26). The van der Waals surface area contributed by atoms with Crippen LogP contribution in [0.5, 0.6) is 5.75 Å². The van der Waals surface area contributed by atoms with Gasteiger partial charge in [-0.3, -0.25) is 4.79 Å². The maximum Gasteiger partial charge on any atom is 0.262 e. The van der Waals surface area contributed by atoms with Crippen molar-refractivity contribution in [3.8, 4) is 22.4 Å². The Kier molecular flexibility index (Phi) is 5.00. The van der Waals surface area contributed by atoms with Gasteiger partial charge in [0.1, 0.15) is 10.8 Å². The van der Waals surface area contributed by atoms with Crippen LogP contribution in [-0.2, 0) is 4.79 Å². The lowest BCUT2D eigenvalue weighted by Gasteiger charge is -2.08. The molecule has 0 fully saturated rings. The lowest BCUT2D eigenvalue weighted by Crippen LogP contribution is -2.20. The molecule has 136 valence electrons. The summed E-state index contributed by atoms with van der Waals surface area (Å²) in [6.07, 6.45) is 0. The Morgan fingerprint density at radius 1 is 1.07 bits per heavy atom. The molecule has 3 aromatic carbocycles. The van der Waals surface area contributed by atoms with Crippen molar-refractivity contribution in [2.45, 2.75) is 0 Å². The second kappa shape index (κ2) is 7.91. The highest BCUT2D eigenvalue weighted by Crippen LogP contribution is 2.30. The number of benzene rings is 3. The Morgan fingerprint density at radius 3 is 2.68 bits per heavy atom. The summed E-state index contributed by atoms with van der Waals surface area (Å²) in [6.45, 7) is -0.114. The number of amides is 1. The van der Waals surface area contributed by atoms with E-state index < -0.39 is 0 Å². The van der Waals surface area contributed by atoms with Crippen LogP contribution < -0.4 is 10.1 Å². The van der Waals surface area contributed by atoms with E-state index in [1.54, 1.807) is 35.6 Å². The number of nitriles is 1. The average molecular weight is 385 g/mol. The van der Waals surface area contributed by atoms with E-state index in [4.69, 9.17) is 10.00 Å². The third kappa shape index (κ3) is 4.00. The van der Waals surface area contributed by atoms with Crippen molar-refractivity contribution in [1.29, 1.82) is 5.26 Å². The van der Waals surface area contributed by atoms with Crippen LogP contribution in [0.15, 0.2) is 72.8 Å². The molecule has 1 N–H and O–H groups in total. The van der Waals surface area contributed by atoms with Gasteiger partial charge in [-0.25, -0.2) is 4.98 Å². The topological polar surface area (TPSA) is 75.0 Å². The summed E-state index contributed by atoms with van der Waals surface area (Å²) >= 11 is 1.64. The molecule has 0 atom stereocenters. The second-order valence-electron chi connectivity index (χ2n) is 6.04. The molecule has 1 heterocycles. The van der Waals surface area contributed by atoms with E-state index in [1.165, 1.54) is 0 Å². The fraction of sp³-hybridized carbons (Fsp3) is 0.0455. The first kappa shape index (κ1) is 17.7. The average Bonchev–Trinajstić information content (AvgIpc) is 3.17. The van der Waals surface area contributed by atoms with E-state index in [0.29, 0.717) is 17.0 Å². The zero-order valence-electron chi connectivity index (χ0n) is 14.8. The number of carbonyl (C=O) groups excluding carboxylic acids is 1. The number of nitrogens with one attached hydrogen (secondary N) is 1. The third-order valence-corrected chi connectivity index (χ3v) is 5.13. The highest BCUT2D eigenvalue weighted by molar-refractivity contribution is 7.21. The van der Waals surface area contributed by atoms with Crippen LogP contribution in [0.25, 0.3) is 20.8 Å². The molecule has 5 nitrogen and oxygen atoms in total. The number of ether oxygens (including phenoxy) is 1. The van der Waals surface area contributed by atoms with Gasteiger partial charge in [-0.15, -0.1) is 11.3 Å². The van der Waals surface area contributed by atoms with E-state index in [1.807, 2.05) is 48.5 Å². The monoisotopic (exact) mass is 385 g/mol. The first-order chi connectivity index (χ1) is 13.7. The number of thiazole rings is 1. The third-order valence-electron chi connectivity index (χ3n) is 4.04. The molecule has 0 radical (unpaired) electrons. The number of hydrogen-bond donors (Lipinski definition) is 1. The molecule has 0 aliphatic carbocycles. The van der Waals surface area contributed by atoms with Crippen LogP contribution in [0.2, 0.25) is 0 Å². The van der Waals surface area contributed by atoms with Gasteiger partial charge < -0.3 is 10.1 Å². The first-order valence-electron chi connectivity index (χ1n) is 8.60. The fourth-order valence-electron chi connectivity index (χ4n) is 2.70. The quantitative estimate of drug-likeness (QED) is 0.533. The van der Waals surface area contributed by atoms with Crippen molar-refractivity contribution in [3.05, 3.63) is 78.4 Å². The number of fused-ring (bicyclic) bond motifs is 1. The second-order valence-corrected chi connectivity index (χ2v) is 7.07. The van der Waals surface area contributed by atoms with Crippen molar-refractivity contribution in [2.24, 2.45) is 0 Å². The van der Waals surface area contributed by atoms with Crippen molar-refractivity contribution in [1.82, 2.24) is 4.98 Å². The first-order valence-corrected chi connectivity index (χ1v) is 9.42. The van der Waals surface area contributed by atoms with Crippen LogP contribution >= 0.6 is 11.3 Å². The molecule has 4 aromatic rings. The van der Waals surface area contributed by atoms with Gasteiger partial charge in [0.05, 0.1) is 21.8 Å². The Morgan fingerprint density at radius 2 is 1.89 bits per heavy atom. The molecule has 0 aliphatic heterocycles. The van der Waals surface area contributed by atoms with Crippen LogP contribution in [0, 0.1) is 11.3 Å². The Hall–Kier alpha value is -3.69. The molecule has 1 amide bonds. The molecule has 6 heteroatoms. The number of rotatable bonds is 5. The number of aromatic nitrogens is 1. The normalized spacial score (nSPS) is 10.4. The Balaban J connectivity index is 1.37. The SMILES string of the molecule is N#Cc1cccc(NC(=O)COc2ccc(-c3nc4ccccc4s3)cc2)c1. The van der Waals surface area contributed by atoms with Crippen LogP contribution in [0.4, 0.5) is 5.69 Å². The molecule has 1 aromatic heterocycles. The number of para-hydroxylation sites is 1. The summed E-state index contributed by atoms with van der Waals surface area (Å²) in [6, 6.07) is 24.3. The molecule has 0 spiro atoms. The Bertz CT molecular complexity index is 1140. The van der Waals surface area contributed by atoms with Crippen LogP contribution in [-0.4, -0.2) is 17.5 Å². The van der Waals surface area contributed by atoms with E-state index in [2.05, 4.69) is 16.4 Å². The lowest BCUT2D eigenvalue weighted by atomic mass is 10.2. The zero-order valence-corrected chi connectivity index (χ0v) is 15.6. The lowest BCUT2D eigenvalue weighted by molar-refractivity contribution is -0.118. The zero-order chi connectivity index (χ0) is 19.3. The van der Waals surface area contributed by atoms with Gasteiger partial charge in [-0.05, 0) is 54.6 Å². The summed E-state index contributed by atoms with van der Waals surface area (Å²) in [5, 5.41) is 12.6. The minimum atomic E-state index is -0.287. The number of hydrogen-bond acceptors (Lipinski definition) is 5. The van der Waals surface area contributed by atoms with Gasteiger partial charge in [0.2, 0.25) is 0 Å². The van der Waals surface area contributed by atoms with Crippen LogP contribution in [0.1, 0.15) is 5.56 Å². The minimum Gasteiger partial charge on any atom is -0.484 e. The van der Waals surface area contributed by atoms with Gasteiger partial charge in [0.25, 0.3) is 5.91 Å². The maximum absolute atomic E-state index is 12.0. The maximum atomic E-state index is 12.0. The summed E-state index contributed by atoms with van der Waals surface area (Å²) < 4.78 is 6.70. The van der Waals surface area contributed by atoms with Crippen molar-refractivity contribution in [3.63, 3.8) is 0 Å². The van der Waals surface area contributed by atoms with E-state index in [-0.39, 0.29) is 12.5 Å². The molecule has 28 heavy (non-hydrogen) atoms. The molecule has 0 aliphatic rings. The predicted octanol–water partition coefficient (Wildman–Crippen LogP) is 4.85. The van der Waals surface area contributed by atoms with Gasteiger partial charge >= 0.3 is 0 Å². The molecular weight excluding hydrogens is 370 g/mol. The molecule has 0 saturated carbocycles. The smallest absolute Gasteiger partial charge is 0.262 e. The van der Waals surface area contributed by atoms with E-state index >= 15 is 0 Å². The molecule has 0 unspecified atom stereocenters. The molecular formula is C22H15N3O2S. The van der Waals surface area contributed by atoms with E-state index in [0.717, 1.165) is 20.8 Å². The van der Waals surface area contributed by atoms with Crippen LogP contribution in [0.3, 0.4) is 0 Å². The summed E-state index contributed by atoms with van der Waals surface area (Å²) in [5.74, 6) is 0.316. The highest BCUT2D eigenvalue weighted by atomic mass is 32.1. The van der Waals surface area contributed by atoms with Gasteiger partial charge in [-0.1, -0.05) is 18.2 Å². The van der Waals surface area contributed by atoms with Gasteiger partial charge in [-0.2, -0.15) is 5.26 Å². The number of nitrogens with zero attached hydrogens (tertiary/aromatic N) is 2. The molecule has 0 bridgehead atoms. The van der Waals surface area contributed by atoms with Gasteiger partial charge in [0, 0.05) is 11.3 Å². The van der Waals surface area contributed by atoms with Crippen molar-refractivity contribution >= 4 is 33.1 Å². The van der Waals surface area contributed by atoms with Gasteiger partial charge in [0.15, 0.2) is 6.61 Å². The van der Waals surface area contributed by atoms with Crippen molar-refractivity contribution in [2.75, 3.05) is 11.9 Å². The summed E-state index contributed by atoms with van der Waals surface area (Å²) in [7, 11) is 0. The van der Waals surface area contributed by atoms with Crippen molar-refractivity contribution < 1.29 is 9.53 Å². The van der Waals surface area contributed by atoms with E-state index in [9.17, 15) is 4.79 Å². The summed E-state index contributed by atoms with van der Waals surface area (Å²) in [4.78, 5) is 16.7. The Labute approximate surface area is 165 Å². The molecule has 0 saturated heterocycles. The predicted molar refractivity (Wildman–Crippen MR) is 110 cm³/mol. The largest absolute Gasteiger partial charge is 0.484 e. The summed E-state index contributed by atoms with van der Waals surface area (Å²) in [5.41, 5.74) is 3.05.